The lowest BCUT2D eigenvalue weighted by Gasteiger charge is -2.10. The molecule has 0 aliphatic carbocycles. The summed E-state index contributed by atoms with van der Waals surface area (Å²) in [5, 5.41) is 5.63. The Kier molecular flexibility index (Phi) is 5.11. The Morgan fingerprint density at radius 1 is 1.73 bits per heavy atom. The summed E-state index contributed by atoms with van der Waals surface area (Å²) >= 11 is 4.74. The molecule has 1 aromatic heterocycles. The minimum Gasteiger partial charge on any atom is -0.496 e. The SMILES string of the molecule is COc1csc(C(=O)NC(C)CCBr)c1. The first kappa shape index (κ1) is 12.5. The van der Waals surface area contributed by atoms with Crippen molar-refractivity contribution in [3.8, 4) is 5.75 Å². The number of nitrogens with one attached hydrogen (secondary N) is 1. The first-order chi connectivity index (χ1) is 7.17. The number of methoxy groups -OCH3 is 1. The molecule has 0 aliphatic rings. The second-order valence-electron chi connectivity index (χ2n) is 3.20. The summed E-state index contributed by atoms with van der Waals surface area (Å²) in [6.45, 7) is 1.99. The summed E-state index contributed by atoms with van der Waals surface area (Å²) < 4.78 is 5.02. The van der Waals surface area contributed by atoms with Gasteiger partial charge >= 0.3 is 0 Å². The van der Waals surface area contributed by atoms with Gasteiger partial charge in [-0.05, 0) is 13.3 Å². The van der Waals surface area contributed by atoms with Gasteiger partial charge in [-0.1, -0.05) is 15.9 Å². The van der Waals surface area contributed by atoms with Crippen LogP contribution in [0.5, 0.6) is 5.75 Å². The van der Waals surface area contributed by atoms with Crippen LogP contribution in [0.15, 0.2) is 11.4 Å². The molecule has 1 heterocycles. The molecule has 1 unspecified atom stereocenters. The molecule has 1 aromatic rings. The van der Waals surface area contributed by atoms with E-state index in [1.165, 1.54) is 11.3 Å². The quantitative estimate of drug-likeness (QED) is 0.847. The van der Waals surface area contributed by atoms with E-state index in [4.69, 9.17) is 4.74 Å². The topological polar surface area (TPSA) is 38.3 Å². The van der Waals surface area contributed by atoms with Crippen LogP contribution in [-0.4, -0.2) is 24.4 Å². The monoisotopic (exact) mass is 291 g/mol. The Labute approximate surface area is 102 Å². The smallest absolute Gasteiger partial charge is 0.261 e. The third-order valence-corrected chi connectivity index (χ3v) is 3.32. The normalized spacial score (nSPS) is 12.2. The van der Waals surface area contributed by atoms with Crippen molar-refractivity contribution in [3.63, 3.8) is 0 Å². The number of hydrogen-bond acceptors (Lipinski definition) is 3. The lowest BCUT2D eigenvalue weighted by atomic mass is 10.2. The molecule has 84 valence electrons. The number of rotatable bonds is 5. The zero-order chi connectivity index (χ0) is 11.3. The highest BCUT2D eigenvalue weighted by molar-refractivity contribution is 9.09. The summed E-state index contributed by atoms with van der Waals surface area (Å²) in [6, 6.07) is 1.94. The van der Waals surface area contributed by atoms with E-state index in [0.717, 1.165) is 17.5 Å². The molecule has 5 heteroatoms. The van der Waals surface area contributed by atoms with E-state index in [1.807, 2.05) is 12.3 Å². The van der Waals surface area contributed by atoms with Crippen LogP contribution in [0.3, 0.4) is 0 Å². The van der Waals surface area contributed by atoms with E-state index in [1.54, 1.807) is 13.2 Å². The van der Waals surface area contributed by atoms with E-state index in [-0.39, 0.29) is 11.9 Å². The number of carbonyl (C=O) groups is 1. The van der Waals surface area contributed by atoms with Gasteiger partial charge in [-0.15, -0.1) is 11.3 Å². The molecule has 0 radical (unpaired) electrons. The van der Waals surface area contributed by atoms with Crippen molar-refractivity contribution in [2.24, 2.45) is 0 Å². The molecule has 0 saturated heterocycles. The van der Waals surface area contributed by atoms with Crippen molar-refractivity contribution in [1.29, 1.82) is 0 Å². The van der Waals surface area contributed by atoms with E-state index in [2.05, 4.69) is 21.2 Å². The van der Waals surface area contributed by atoms with Gasteiger partial charge < -0.3 is 10.1 Å². The zero-order valence-corrected chi connectivity index (χ0v) is 11.2. The number of hydrogen-bond donors (Lipinski definition) is 1. The van der Waals surface area contributed by atoms with Crippen molar-refractivity contribution in [2.75, 3.05) is 12.4 Å². The standard InChI is InChI=1S/C10H14BrNO2S/c1-7(3-4-11)12-10(13)9-5-8(14-2)6-15-9/h5-7H,3-4H2,1-2H3,(H,12,13). The Bertz CT molecular complexity index is 327. The first-order valence-corrected chi connectivity index (χ1v) is 6.67. The predicted octanol–water partition coefficient (Wildman–Crippen LogP) is 2.66. The number of ether oxygens (including phenoxy) is 1. The van der Waals surface area contributed by atoms with Gasteiger partial charge in [-0.2, -0.15) is 0 Å². The second kappa shape index (κ2) is 6.12. The number of carbonyl (C=O) groups excluding carboxylic acids is 1. The summed E-state index contributed by atoms with van der Waals surface area (Å²) in [5.74, 6) is 0.704. The fourth-order valence-corrected chi connectivity index (χ4v) is 2.52. The van der Waals surface area contributed by atoms with E-state index < -0.39 is 0 Å². The first-order valence-electron chi connectivity index (χ1n) is 4.66. The number of halogens is 1. The summed E-state index contributed by atoms with van der Waals surface area (Å²) in [6.07, 6.45) is 0.925. The van der Waals surface area contributed by atoms with Crippen LogP contribution in [0, 0.1) is 0 Å². The molecule has 0 aliphatic heterocycles. The largest absolute Gasteiger partial charge is 0.496 e. The highest BCUT2D eigenvalue weighted by Gasteiger charge is 2.11. The van der Waals surface area contributed by atoms with Crippen molar-refractivity contribution >= 4 is 33.2 Å². The van der Waals surface area contributed by atoms with Crippen LogP contribution < -0.4 is 10.1 Å². The molecule has 0 bridgehead atoms. The molecule has 1 rings (SSSR count). The van der Waals surface area contributed by atoms with Crippen molar-refractivity contribution in [2.45, 2.75) is 19.4 Å². The Morgan fingerprint density at radius 3 is 3.00 bits per heavy atom. The number of thiophene rings is 1. The zero-order valence-electron chi connectivity index (χ0n) is 8.75. The van der Waals surface area contributed by atoms with Crippen LogP contribution in [0.2, 0.25) is 0 Å². The van der Waals surface area contributed by atoms with Gasteiger partial charge in [0.05, 0.1) is 12.0 Å². The molecule has 0 saturated carbocycles. The Balaban J connectivity index is 2.53. The predicted molar refractivity (Wildman–Crippen MR) is 66.2 cm³/mol. The lowest BCUT2D eigenvalue weighted by molar-refractivity contribution is 0.0943. The molecular formula is C10H14BrNO2S. The number of alkyl halides is 1. The maximum absolute atomic E-state index is 11.7. The van der Waals surface area contributed by atoms with Crippen molar-refractivity contribution in [1.82, 2.24) is 5.32 Å². The average molecular weight is 292 g/mol. The summed E-state index contributed by atoms with van der Waals surface area (Å²) in [5.41, 5.74) is 0. The van der Waals surface area contributed by atoms with Gasteiger partial charge in [-0.25, -0.2) is 0 Å². The lowest BCUT2D eigenvalue weighted by Crippen LogP contribution is -2.32. The van der Waals surface area contributed by atoms with Gasteiger partial charge in [0.2, 0.25) is 0 Å². The average Bonchev–Trinajstić information content (AvgIpc) is 2.66. The molecular weight excluding hydrogens is 278 g/mol. The van der Waals surface area contributed by atoms with Gasteiger partial charge in [0.1, 0.15) is 5.75 Å². The molecule has 3 nitrogen and oxygen atoms in total. The van der Waals surface area contributed by atoms with Gasteiger partial charge in [-0.3, -0.25) is 4.79 Å². The second-order valence-corrected chi connectivity index (χ2v) is 4.91. The molecule has 0 aromatic carbocycles. The Hall–Kier alpha value is -0.550. The van der Waals surface area contributed by atoms with E-state index in [9.17, 15) is 4.79 Å². The van der Waals surface area contributed by atoms with Gasteiger partial charge in [0, 0.05) is 22.8 Å². The van der Waals surface area contributed by atoms with Gasteiger partial charge in [0.25, 0.3) is 5.91 Å². The minimum atomic E-state index is -0.0308. The van der Waals surface area contributed by atoms with Crippen molar-refractivity contribution < 1.29 is 9.53 Å². The van der Waals surface area contributed by atoms with Crippen LogP contribution in [0.4, 0.5) is 0 Å². The third kappa shape index (κ3) is 3.83. The number of amides is 1. The van der Waals surface area contributed by atoms with Crippen LogP contribution in [0.1, 0.15) is 23.0 Å². The molecule has 0 fully saturated rings. The minimum absolute atomic E-state index is 0.0308. The molecule has 1 N–H and O–H groups in total. The van der Waals surface area contributed by atoms with E-state index >= 15 is 0 Å². The maximum Gasteiger partial charge on any atom is 0.261 e. The van der Waals surface area contributed by atoms with Crippen LogP contribution in [0.25, 0.3) is 0 Å². The highest BCUT2D eigenvalue weighted by Crippen LogP contribution is 2.20. The highest BCUT2D eigenvalue weighted by atomic mass is 79.9. The molecule has 15 heavy (non-hydrogen) atoms. The third-order valence-electron chi connectivity index (χ3n) is 1.95. The fraction of sp³-hybridized carbons (Fsp3) is 0.500. The Morgan fingerprint density at radius 2 is 2.47 bits per heavy atom. The fourth-order valence-electron chi connectivity index (χ4n) is 1.08. The molecule has 1 atom stereocenters. The maximum atomic E-state index is 11.7. The van der Waals surface area contributed by atoms with Gasteiger partial charge in [0.15, 0.2) is 0 Å². The summed E-state index contributed by atoms with van der Waals surface area (Å²) in [4.78, 5) is 12.4. The molecule has 1 amide bonds. The van der Waals surface area contributed by atoms with Crippen molar-refractivity contribution in [3.05, 3.63) is 16.3 Å². The van der Waals surface area contributed by atoms with Crippen LogP contribution in [-0.2, 0) is 0 Å². The summed E-state index contributed by atoms with van der Waals surface area (Å²) in [7, 11) is 1.59. The molecule has 0 spiro atoms. The van der Waals surface area contributed by atoms with E-state index in [0.29, 0.717) is 4.88 Å². The van der Waals surface area contributed by atoms with Crippen LogP contribution >= 0.6 is 27.3 Å².